The van der Waals surface area contributed by atoms with Crippen molar-refractivity contribution in [1.82, 2.24) is 15.4 Å². The number of aliphatic hydroxyl groups is 3. The summed E-state index contributed by atoms with van der Waals surface area (Å²) >= 11 is 0. The Morgan fingerprint density at radius 3 is 2.40 bits per heavy atom. The number of aromatic nitrogens is 3. The molecule has 0 spiro atoms. The molecule has 1 aromatic carbocycles. The van der Waals surface area contributed by atoms with E-state index in [-0.39, 0.29) is 5.75 Å². The van der Waals surface area contributed by atoms with Crippen molar-refractivity contribution in [2.24, 2.45) is 10.9 Å². The SMILES string of the molecule is CC(=O)OC1O[C@H](CO)[C@@H](O)[C@H](O)[C@H]1N.ON=Cc1ccccc1O.c1cn[nH]n1. The van der Waals surface area contributed by atoms with Crippen LogP contribution in [0.2, 0.25) is 0 Å². The summed E-state index contributed by atoms with van der Waals surface area (Å²) in [5.41, 5.74) is 5.99. The molecule has 0 bridgehead atoms. The molecule has 0 saturated carbocycles. The molecule has 5 atom stereocenters. The van der Waals surface area contributed by atoms with Crippen molar-refractivity contribution in [3.8, 4) is 5.75 Å². The molecule has 1 unspecified atom stereocenters. The van der Waals surface area contributed by atoms with Crippen molar-refractivity contribution in [3.63, 3.8) is 0 Å². The van der Waals surface area contributed by atoms with Gasteiger partial charge in [-0.25, -0.2) is 0 Å². The number of H-pyrrole nitrogens is 1. The van der Waals surface area contributed by atoms with Gasteiger partial charge in [0, 0.05) is 12.5 Å². The number of nitrogens with zero attached hydrogens (tertiary/aromatic N) is 3. The molecule has 13 nitrogen and oxygen atoms in total. The highest BCUT2D eigenvalue weighted by molar-refractivity contribution is 5.82. The van der Waals surface area contributed by atoms with Crippen LogP contribution in [0.5, 0.6) is 5.75 Å². The lowest BCUT2D eigenvalue weighted by atomic mass is 9.98. The molecule has 3 rings (SSSR count). The van der Waals surface area contributed by atoms with E-state index in [0.29, 0.717) is 5.56 Å². The van der Waals surface area contributed by atoms with Crippen LogP contribution in [0.15, 0.2) is 41.8 Å². The summed E-state index contributed by atoms with van der Waals surface area (Å²) in [4.78, 5) is 10.7. The standard InChI is InChI=1S/C8H15NO6.C7H7NO2.C2H3N3/c1-3(11)14-8-5(9)7(13)6(12)4(2-10)15-8;9-7-4-2-1-3-6(7)5-8-10;1-2-4-5-3-1/h4-8,10,12-13H,2,9H2,1H3;1-5,9-10H;1-2H,(H,3,4,5)/t4-,5-,6-,7-,8?;;/m1../s1. The predicted octanol–water partition coefficient (Wildman–Crippen LogP) is -1.68. The van der Waals surface area contributed by atoms with Crippen LogP contribution >= 0.6 is 0 Å². The fourth-order valence-electron chi connectivity index (χ4n) is 2.20. The minimum Gasteiger partial charge on any atom is -0.507 e. The van der Waals surface area contributed by atoms with Gasteiger partial charge in [-0.1, -0.05) is 17.3 Å². The lowest BCUT2D eigenvalue weighted by molar-refractivity contribution is -0.258. The first-order valence-electron chi connectivity index (χ1n) is 8.62. The van der Waals surface area contributed by atoms with Crippen LogP contribution in [0.25, 0.3) is 0 Å². The van der Waals surface area contributed by atoms with E-state index in [1.54, 1.807) is 30.6 Å². The third-order valence-electron chi connectivity index (χ3n) is 3.68. The second-order valence-corrected chi connectivity index (χ2v) is 5.85. The Morgan fingerprint density at radius 1 is 1.30 bits per heavy atom. The number of hydrogen-bond donors (Lipinski definition) is 7. The van der Waals surface area contributed by atoms with Crippen LogP contribution in [0.3, 0.4) is 0 Å². The maximum Gasteiger partial charge on any atom is 0.304 e. The zero-order valence-electron chi connectivity index (χ0n) is 16.0. The molecule has 1 aliphatic heterocycles. The number of rotatable bonds is 3. The zero-order valence-corrected chi connectivity index (χ0v) is 16.0. The van der Waals surface area contributed by atoms with Gasteiger partial charge in [0.15, 0.2) is 0 Å². The molecular formula is C17H25N5O8. The molecule has 2 heterocycles. The highest BCUT2D eigenvalue weighted by Crippen LogP contribution is 2.20. The van der Waals surface area contributed by atoms with E-state index in [0.717, 1.165) is 0 Å². The molecule has 2 aromatic rings. The molecule has 1 aliphatic rings. The summed E-state index contributed by atoms with van der Waals surface area (Å²) in [5.74, 6) is -0.504. The largest absolute Gasteiger partial charge is 0.507 e. The number of hydrogen-bond acceptors (Lipinski definition) is 12. The minimum absolute atomic E-state index is 0.111. The van der Waals surface area contributed by atoms with E-state index in [4.69, 9.17) is 25.9 Å². The first-order chi connectivity index (χ1) is 14.3. The molecule has 30 heavy (non-hydrogen) atoms. The van der Waals surface area contributed by atoms with E-state index in [1.807, 2.05) is 0 Å². The number of carbonyl (C=O) groups is 1. The first kappa shape index (κ1) is 24.9. The summed E-state index contributed by atoms with van der Waals surface area (Å²) in [6.45, 7) is 0.671. The van der Waals surface area contributed by atoms with Gasteiger partial charge in [-0.05, 0) is 12.1 Å². The predicted molar refractivity (Wildman–Crippen MR) is 101 cm³/mol. The Labute approximate surface area is 171 Å². The van der Waals surface area contributed by atoms with Crippen LogP contribution in [0.1, 0.15) is 12.5 Å². The second kappa shape index (κ2) is 13.2. The fourth-order valence-corrected chi connectivity index (χ4v) is 2.20. The number of carbonyl (C=O) groups excluding carboxylic acids is 1. The van der Waals surface area contributed by atoms with Gasteiger partial charge in [-0.3, -0.25) is 4.79 Å². The highest BCUT2D eigenvalue weighted by atomic mass is 16.7. The maximum absolute atomic E-state index is 10.7. The molecule has 13 heteroatoms. The maximum atomic E-state index is 10.7. The summed E-state index contributed by atoms with van der Waals surface area (Å²) in [7, 11) is 0. The summed E-state index contributed by atoms with van der Waals surface area (Å²) in [6, 6.07) is 5.58. The third kappa shape index (κ3) is 8.10. The van der Waals surface area contributed by atoms with Crippen LogP contribution in [0, 0.1) is 0 Å². The first-order valence-corrected chi connectivity index (χ1v) is 8.62. The normalized spacial score (nSPS) is 25.4. The molecule has 166 valence electrons. The number of nitrogens with one attached hydrogen (secondary N) is 1. The van der Waals surface area contributed by atoms with Crippen LogP contribution in [-0.2, 0) is 14.3 Å². The number of phenolic OH excluding ortho intramolecular Hbond substituents is 1. The lowest BCUT2D eigenvalue weighted by Gasteiger charge is -2.39. The van der Waals surface area contributed by atoms with Crippen molar-refractivity contribution < 1.29 is 39.9 Å². The molecule has 1 saturated heterocycles. The van der Waals surface area contributed by atoms with E-state index in [2.05, 4.69) is 25.3 Å². The van der Waals surface area contributed by atoms with Gasteiger partial charge in [-0.2, -0.15) is 15.4 Å². The number of aromatic amines is 1. The van der Waals surface area contributed by atoms with Gasteiger partial charge in [-0.15, -0.1) is 0 Å². The lowest BCUT2D eigenvalue weighted by Crippen LogP contribution is -2.62. The van der Waals surface area contributed by atoms with Gasteiger partial charge in [0.05, 0.1) is 31.3 Å². The second-order valence-electron chi connectivity index (χ2n) is 5.85. The zero-order chi connectivity index (χ0) is 22.5. The van der Waals surface area contributed by atoms with Gasteiger partial charge >= 0.3 is 5.97 Å². The Balaban J connectivity index is 0.000000255. The summed E-state index contributed by atoms with van der Waals surface area (Å²) in [6.07, 6.45) is -0.422. The van der Waals surface area contributed by atoms with Gasteiger partial charge in [0.2, 0.25) is 6.29 Å². The Morgan fingerprint density at radius 2 is 1.93 bits per heavy atom. The van der Waals surface area contributed by atoms with Gasteiger partial charge in [0.25, 0.3) is 0 Å². The quantitative estimate of drug-likeness (QED) is 0.127. The number of oxime groups is 1. The molecule has 0 aliphatic carbocycles. The molecular weight excluding hydrogens is 402 g/mol. The topological polar surface area (TPSA) is 217 Å². The Hall–Kier alpha value is -3.10. The number of phenols is 1. The van der Waals surface area contributed by atoms with Crippen molar-refractivity contribution in [1.29, 1.82) is 0 Å². The van der Waals surface area contributed by atoms with E-state index < -0.39 is 43.2 Å². The monoisotopic (exact) mass is 427 g/mol. The van der Waals surface area contributed by atoms with Crippen LogP contribution in [0.4, 0.5) is 0 Å². The molecule has 1 aromatic heterocycles. The van der Waals surface area contributed by atoms with Crippen molar-refractivity contribution >= 4 is 12.2 Å². The van der Waals surface area contributed by atoms with Crippen LogP contribution in [-0.4, -0.2) is 90.5 Å². The van der Waals surface area contributed by atoms with Crippen molar-refractivity contribution in [3.05, 3.63) is 42.2 Å². The average molecular weight is 427 g/mol. The number of aliphatic hydroxyl groups excluding tert-OH is 3. The molecule has 0 amide bonds. The number of para-hydroxylation sites is 1. The van der Waals surface area contributed by atoms with Crippen molar-refractivity contribution in [2.45, 2.75) is 37.6 Å². The molecule has 0 radical (unpaired) electrons. The van der Waals surface area contributed by atoms with Gasteiger partial charge < -0.3 is 40.8 Å². The Kier molecular flexibility index (Phi) is 11.0. The Bertz CT molecular complexity index is 741. The number of esters is 1. The smallest absolute Gasteiger partial charge is 0.304 e. The third-order valence-corrected chi connectivity index (χ3v) is 3.68. The number of aromatic hydroxyl groups is 1. The number of ether oxygens (including phenoxy) is 2. The summed E-state index contributed by atoms with van der Waals surface area (Å²) in [5, 5.41) is 57.0. The molecule has 1 fully saturated rings. The van der Waals surface area contributed by atoms with E-state index in [1.165, 1.54) is 19.2 Å². The fraction of sp³-hybridized carbons (Fsp3) is 0.412. The molecule has 8 N–H and O–H groups in total. The van der Waals surface area contributed by atoms with Gasteiger partial charge in [0.1, 0.15) is 24.1 Å². The highest BCUT2D eigenvalue weighted by Gasteiger charge is 2.43. The minimum atomic E-state index is -1.31. The number of benzene rings is 1. The van der Waals surface area contributed by atoms with E-state index >= 15 is 0 Å². The van der Waals surface area contributed by atoms with E-state index in [9.17, 15) is 15.0 Å². The van der Waals surface area contributed by atoms with Crippen LogP contribution < -0.4 is 5.73 Å². The summed E-state index contributed by atoms with van der Waals surface area (Å²) < 4.78 is 9.70. The average Bonchev–Trinajstić information content (AvgIpc) is 3.31. The number of nitrogens with two attached hydrogens (primary N) is 1. The van der Waals surface area contributed by atoms with Crippen molar-refractivity contribution in [2.75, 3.05) is 6.61 Å².